The van der Waals surface area contributed by atoms with Crippen LogP contribution in [0.4, 0.5) is 0 Å². The van der Waals surface area contributed by atoms with Crippen LogP contribution in [0.15, 0.2) is 15.7 Å². The van der Waals surface area contributed by atoms with E-state index < -0.39 is 9.05 Å². The van der Waals surface area contributed by atoms with Gasteiger partial charge in [-0.05, 0) is 18.9 Å². The van der Waals surface area contributed by atoms with Gasteiger partial charge in [0.1, 0.15) is 4.21 Å². The predicted molar refractivity (Wildman–Crippen MR) is 76.3 cm³/mol. The summed E-state index contributed by atoms with van der Waals surface area (Å²) in [7, 11) is 1.50. The third-order valence-electron chi connectivity index (χ3n) is 3.27. The van der Waals surface area contributed by atoms with Crippen LogP contribution >= 0.6 is 22.0 Å². The van der Waals surface area contributed by atoms with Crippen molar-refractivity contribution in [1.82, 2.24) is 5.32 Å². The summed E-state index contributed by atoms with van der Waals surface area (Å²) >= 11 is 0.970. The quantitative estimate of drug-likeness (QED) is 0.687. The molecule has 1 aliphatic carbocycles. The van der Waals surface area contributed by atoms with E-state index in [9.17, 15) is 13.2 Å². The summed E-state index contributed by atoms with van der Waals surface area (Å²) in [4.78, 5) is 12.0. The first-order chi connectivity index (χ1) is 8.97. The lowest BCUT2D eigenvalue weighted by atomic mass is 10.1. The van der Waals surface area contributed by atoms with Gasteiger partial charge >= 0.3 is 0 Å². The van der Waals surface area contributed by atoms with Crippen LogP contribution < -0.4 is 5.32 Å². The maximum atomic E-state index is 12.0. The zero-order chi connectivity index (χ0) is 13.9. The molecule has 4 nitrogen and oxygen atoms in total. The lowest BCUT2D eigenvalue weighted by Gasteiger charge is -2.15. The van der Waals surface area contributed by atoms with Gasteiger partial charge in [-0.25, -0.2) is 8.42 Å². The molecular formula is C12H16ClNO3S2. The Balaban J connectivity index is 2.01. The molecule has 0 unspecified atom stereocenters. The van der Waals surface area contributed by atoms with Gasteiger partial charge < -0.3 is 5.32 Å². The Morgan fingerprint density at radius 2 is 1.89 bits per heavy atom. The number of hydrogen-bond donors (Lipinski definition) is 1. The Morgan fingerprint density at radius 3 is 2.42 bits per heavy atom. The first kappa shape index (κ1) is 14.8. The summed E-state index contributed by atoms with van der Waals surface area (Å²) in [6.07, 6.45) is 6.71. The number of nitrogens with one attached hydrogen (secondary N) is 1. The predicted octanol–water partition coefficient (Wildman–Crippen LogP) is 3.13. The van der Waals surface area contributed by atoms with Crippen molar-refractivity contribution >= 4 is 37.0 Å². The number of halogens is 1. The van der Waals surface area contributed by atoms with Crippen LogP contribution in [0.1, 0.15) is 48.9 Å². The van der Waals surface area contributed by atoms with Gasteiger partial charge in [-0.1, -0.05) is 25.7 Å². The second-order valence-electron chi connectivity index (χ2n) is 4.75. The minimum atomic E-state index is -3.74. The lowest BCUT2D eigenvalue weighted by Crippen LogP contribution is -2.34. The smallest absolute Gasteiger partial charge is 0.270 e. The van der Waals surface area contributed by atoms with Crippen LogP contribution in [-0.4, -0.2) is 20.4 Å². The standard InChI is InChI=1S/C12H16ClNO3S2/c13-19(16,17)11-7-9(8-18-11)12(15)14-10-5-3-1-2-4-6-10/h7-8,10H,1-6H2,(H,14,15). The Morgan fingerprint density at radius 1 is 1.26 bits per heavy atom. The summed E-state index contributed by atoms with van der Waals surface area (Å²) in [5.74, 6) is -0.213. The number of amides is 1. The topological polar surface area (TPSA) is 63.2 Å². The molecule has 0 bridgehead atoms. The number of thiophene rings is 1. The fourth-order valence-corrected chi connectivity index (χ4v) is 4.20. The minimum absolute atomic E-state index is 0.0141. The van der Waals surface area contributed by atoms with Gasteiger partial charge in [-0.2, -0.15) is 0 Å². The minimum Gasteiger partial charge on any atom is -0.349 e. The van der Waals surface area contributed by atoms with E-state index >= 15 is 0 Å². The number of carbonyl (C=O) groups excluding carboxylic acids is 1. The molecule has 1 amide bonds. The second-order valence-corrected chi connectivity index (χ2v) is 8.46. The van der Waals surface area contributed by atoms with Crippen molar-refractivity contribution in [2.45, 2.75) is 48.8 Å². The van der Waals surface area contributed by atoms with Crippen molar-refractivity contribution < 1.29 is 13.2 Å². The number of carbonyl (C=O) groups is 1. The Labute approximate surface area is 121 Å². The van der Waals surface area contributed by atoms with Gasteiger partial charge in [0.05, 0.1) is 5.56 Å². The van der Waals surface area contributed by atoms with Crippen molar-refractivity contribution in [2.75, 3.05) is 0 Å². The van der Waals surface area contributed by atoms with Crippen LogP contribution in [0.25, 0.3) is 0 Å². The van der Waals surface area contributed by atoms with Gasteiger partial charge in [0, 0.05) is 22.1 Å². The fourth-order valence-electron chi connectivity index (χ4n) is 2.26. The normalized spacial score (nSPS) is 17.9. The average Bonchev–Trinajstić information content (AvgIpc) is 2.70. The van der Waals surface area contributed by atoms with E-state index in [1.54, 1.807) is 0 Å². The van der Waals surface area contributed by atoms with Gasteiger partial charge in [0.25, 0.3) is 15.0 Å². The van der Waals surface area contributed by atoms with E-state index in [1.807, 2.05) is 0 Å². The van der Waals surface area contributed by atoms with Crippen LogP contribution in [0.5, 0.6) is 0 Å². The number of hydrogen-bond acceptors (Lipinski definition) is 4. The molecule has 2 rings (SSSR count). The fraction of sp³-hybridized carbons (Fsp3) is 0.583. The van der Waals surface area contributed by atoms with Crippen molar-refractivity contribution in [3.05, 3.63) is 17.0 Å². The van der Waals surface area contributed by atoms with Crippen molar-refractivity contribution in [3.8, 4) is 0 Å². The molecular weight excluding hydrogens is 306 g/mol. The molecule has 1 aliphatic rings. The average molecular weight is 322 g/mol. The van der Waals surface area contributed by atoms with Crippen LogP contribution in [0.3, 0.4) is 0 Å². The first-order valence-corrected chi connectivity index (χ1v) is 9.50. The largest absolute Gasteiger partial charge is 0.349 e. The molecule has 0 aromatic carbocycles. The van der Waals surface area contributed by atoms with Crippen molar-refractivity contribution in [2.24, 2.45) is 0 Å². The molecule has 1 fully saturated rings. The molecule has 0 saturated heterocycles. The first-order valence-electron chi connectivity index (χ1n) is 6.31. The van der Waals surface area contributed by atoms with Crippen LogP contribution in [0, 0.1) is 0 Å². The maximum absolute atomic E-state index is 12.0. The molecule has 0 atom stereocenters. The van der Waals surface area contributed by atoms with E-state index in [0.717, 1.165) is 37.0 Å². The Bertz CT molecular complexity index is 545. The second kappa shape index (κ2) is 6.24. The molecule has 0 aliphatic heterocycles. The monoisotopic (exact) mass is 321 g/mol. The molecule has 106 valence electrons. The summed E-state index contributed by atoms with van der Waals surface area (Å²) in [5.41, 5.74) is 0.369. The third-order valence-corrected chi connectivity index (χ3v) is 6.31. The maximum Gasteiger partial charge on any atom is 0.270 e. The molecule has 1 aromatic heterocycles. The van der Waals surface area contributed by atoms with Gasteiger partial charge in [-0.15, -0.1) is 11.3 Å². The molecule has 1 N–H and O–H groups in total. The van der Waals surface area contributed by atoms with Gasteiger partial charge in [0.2, 0.25) is 0 Å². The van der Waals surface area contributed by atoms with Crippen molar-refractivity contribution in [3.63, 3.8) is 0 Å². The highest BCUT2D eigenvalue weighted by Gasteiger charge is 2.19. The van der Waals surface area contributed by atoms with E-state index in [2.05, 4.69) is 5.32 Å². The molecule has 1 heterocycles. The highest BCUT2D eigenvalue weighted by molar-refractivity contribution is 8.15. The zero-order valence-corrected chi connectivity index (χ0v) is 12.8. The van der Waals surface area contributed by atoms with E-state index in [-0.39, 0.29) is 16.2 Å². The van der Waals surface area contributed by atoms with Crippen LogP contribution in [-0.2, 0) is 9.05 Å². The molecule has 0 spiro atoms. The highest BCUT2D eigenvalue weighted by Crippen LogP contribution is 2.24. The Hall–Kier alpha value is -0.590. The summed E-state index contributed by atoms with van der Waals surface area (Å²) in [5, 5.41) is 4.50. The molecule has 19 heavy (non-hydrogen) atoms. The zero-order valence-electron chi connectivity index (χ0n) is 10.4. The number of rotatable bonds is 3. The highest BCUT2D eigenvalue weighted by atomic mass is 35.7. The summed E-state index contributed by atoms with van der Waals surface area (Å²) in [6, 6.07) is 1.53. The van der Waals surface area contributed by atoms with E-state index in [0.29, 0.717) is 5.56 Å². The molecule has 7 heteroatoms. The van der Waals surface area contributed by atoms with E-state index in [1.165, 1.54) is 24.3 Å². The summed E-state index contributed by atoms with van der Waals surface area (Å²) < 4.78 is 22.3. The summed E-state index contributed by atoms with van der Waals surface area (Å²) in [6.45, 7) is 0. The van der Waals surface area contributed by atoms with Gasteiger partial charge in [-0.3, -0.25) is 4.79 Å². The lowest BCUT2D eigenvalue weighted by molar-refractivity contribution is 0.0933. The third kappa shape index (κ3) is 4.19. The Kier molecular flexibility index (Phi) is 4.86. The van der Waals surface area contributed by atoms with Crippen molar-refractivity contribution in [1.29, 1.82) is 0 Å². The van der Waals surface area contributed by atoms with Crippen LogP contribution in [0.2, 0.25) is 0 Å². The molecule has 1 saturated carbocycles. The SMILES string of the molecule is O=C(NC1CCCCCC1)c1csc(S(=O)(=O)Cl)c1. The van der Waals surface area contributed by atoms with E-state index in [4.69, 9.17) is 10.7 Å². The molecule has 0 radical (unpaired) electrons. The van der Waals surface area contributed by atoms with Gasteiger partial charge in [0.15, 0.2) is 0 Å². The molecule has 1 aromatic rings.